The molecule has 0 saturated carbocycles. The molecule has 4 rings (SSSR count). The quantitative estimate of drug-likeness (QED) is 0.648. The van der Waals surface area contributed by atoms with Crippen LogP contribution >= 0.6 is 11.3 Å². The molecule has 0 atom stereocenters. The van der Waals surface area contributed by atoms with Crippen molar-refractivity contribution in [1.82, 2.24) is 9.62 Å². The van der Waals surface area contributed by atoms with E-state index in [-0.39, 0.29) is 22.6 Å². The fourth-order valence-electron chi connectivity index (χ4n) is 4.68. The Morgan fingerprint density at radius 3 is 2.58 bits per heavy atom. The first-order valence-electron chi connectivity index (χ1n) is 11.5. The van der Waals surface area contributed by atoms with Crippen molar-refractivity contribution in [2.24, 2.45) is 5.92 Å². The second-order valence-corrected chi connectivity index (χ2v) is 11.8. The summed E-state index contributed by atoms with van der Waals surface area (Å²) in [5.74, 6) is 0.209. The summed E-state index contributed by atoms with van der Waals surface area (Å²) < 4.78 is 27.9. The standard InChI is InChI=1S/C24H31N3O4S2/c1-17-9-14-32-23(17)5-10-25-24(29)15-19-6-11-26(12-7-19)33(30,31)21-3-4-22-20(16-21)8-13-27(22)18(2)28/h3-4,9,14,16,19H,5-8,10-13,15H2,1-2H3,(H,25,29). The van der Waals surface area contributed by atoms with Gasteiger partial charge >= 0.3 is 0 Å². The summed E-state index contributed by atoms with van der Waals surface area (Å²) in [6, 6.07) is 7.14. The first kappa shape index (κ1) is 23.9. The molecule has 33 heavy (non-hydrogen) atoms. The molecule has 0 radical (unpaired) electrons. The monoisotopic (exact) mass is 489 g/mol. The van der Waals surface area contributed by atoms with E-state index in [4.69, 9.17) is 0 Å². The van der Waals surface area contributed by atoms with E-state index in [0.29, 0.717) is 51.9 Å². The van der Waals surface area contributed by atoms with Gasteiger partial charge in [0.15, 0.2) is 0 Å². The molecule has 9 heteroatoms. The largest absolute Gasteiger partial charge is 0.356 e. The van der Waals surface area contributed by atoms with Crippen LogP contribution in [0.4, 0.5) is 5.69 Å². The zero-order valence-electron chi connectivity index (χ0n) is 19.2. The average molecular weight is 490 g/mol. The molecule has 2 aliphatic heterocycles. The fraction of sp³-hybridized carbons (Fsp3) is 0.500. The van der Waals surface area contributed by atoms with Crippen molar-refractivity contribution < 1.29 is 18.0 Å². The van der Waals surface area contributed by atoms with Gasteiger partial charge in [0.25, 0.3) is 0 Å². The number of thiophene rings is 1. The Bertz CT molecular complexity index is 1130. The van der Waals surface area contributed by atoms with Crippen LogP contribution in [0.5, 0.6) is 0 Å². The van der Waals surface area contributed by atoms with E-state index in [1.54, 1.807) is 34.4 Å². The third-order valence-corrected chi connectivity index (χ3v) is 9.63. The lowest BCUT2D eigenvalue weighted by molar-refractivity contribution is -0.122. The first-order chi connectivity index (χ1) is 15.8. The second kappa shape index (κ2) is 9.95. The van der Waals surface area contributed by atoms with E-state index in [0.717, 1.165) is 17.7 Å². The fourth-order valence-corrected chi connectivity index (χ4v) is 7.11. The number of benzene rings is 1. The molecule has 1 saturated heterocycles. The van der Waals surface area contributed by atoms with E-state index < -0.39 is 10.0 Å². The minimum atomic E-state index is -3.59. The number of fused-ring (bicyclic) bond motifs is 1. The zero-order chi connectivity index (χ0) is 23.6. The number of nitrogens with one attached hydrogen (secondary N) is 1. The van der Waals surface area contributed by atoms with Crippen LogP contribution in [0.1, 0.15) is 42.2 Å². The van der Waals surface area contributed by atoms with Crippen LogP contribution in [-0.2, 0) is 32.5 Å². The molecule has 1 fully saturated rings. The summed E-state index contributed by atoms with van der Waals surface area (Å²) in [5, 5.41) is 5.07. The third-order valence-electron chi connectivity index (χ3n) is 6.65. The number of carbonyl (C=O) groups is 2. The van der Waals surface area contributed by atoms with Crippen LogP contribution in [0, 0.1) is 12.8 Å². The third kappa shape index (κ3) is 5.31. The van der Waals surface area contributed by atoms with E-state index in [1.807, 2.05) is 0 Å². The van der Waals surface area contributed by atoms with Gasteiger partial charge in [0.1, 0.15) is 0 Å². The van der Waals surface area contributed by atoms with Crippen molar-refractivity contribution in [2.75, 3.05) is 31.1 Å². The van der Waals surface area contributed by atoms with E-state index >= 15 is 0 Å². The average Bonchev–Trinajstić information content (AvgIpc) is 3.39. The lowest BCUT2D eigenvalue weighted by Gasteiger charge is -2.31. The maximum absolute atomic E-state index is 13.2. The molecule has 7 nitrogen and oxygen atoms in total. The number of sulfonamides is 1. The molecule has 2 amide bonds. The molecule has 0 spiro atoms. The topological polar surface area (TPSA) is 86.8 Å². The maximum atomic E-state index is 13.2. The van der Waals surface area contributed by atoms with E-state index in [2.05, 4.69) is 23.7 Å². The predicted molar refractivity (Wildman–Crippen MR) is 130 cm³/mol. The molecule has 0 unspecified atom stereocenters. The number of aryl methyl sites for hydroxylation is 1. The maximum Gasteiger partial charge on any atom is 0.243 e. The van der Waals surface area contributed by atoms with Gasteiger partial charge in [-0.1, -0.05) is 0 Å². The van der Waals surface area contributed by atoms with Crippen molar-refractivity contribution >= 4 is 38.9 Å². The van der Waals surface area contributed by atoms with Gasteiger partial charge in [-0.25, -0.2) is 8.42 Å². The van der Waals surface area contributed by atoms with Crippen LogP contribution in [0.3, 0.4) is 0 Å². The highest BCUT2D eigenvalue weighted by Gasteiger charge is 2.32. The van der Waals surface area contributed by atoms with E-state index in [1.165, 1.54) is 21.7 Å². The molecular formula is C24H31N3O4S2. The number of hydrogen-bond donors (Lipinski definition) is 1. The number of nitrogens with zero attached hydrogens (tertiary/aromatic N) is 2. The Labute approximate surface area is 199 Å². The van der Waals surface area contributed by atoms with Crippen LogP contribution in [0.25, 0.3) is 0 Å². The summed E-state index contributed by atoms with van der Waals surface area (Å²) in [4.78, 5) is 27.4. The van der Waals surface area contributed by atoms with Gasteiger partial charge < -0.3 is 10.2 Å². The van der Waals surface area contributed by atoms with Crippen molar-refractivity contribution in [3.63, 3.8) is 0 Å². The molecule has 1 aromatic heterocycles. The SMILES string of the molecule is CC(=O)N1CCc2cc(S(=O)(=O)N3CCC(CC(=O)NCCc4sccc4C)CC3)ccc21. The Morgan fingerprint density at radius 1 is 1.15 bits per heavy atom. The summed E-state index contributed by atoms with van der Waals surface area (Å²) in [5.41, 5.74) is 2.97. The smallest absolute Gasteiger partial charge is 0.243 e. The molecule has 178 valence electrons. The van der Waals surface area contributed by atoms with Crippen LogP contribution in [-0.4, -0.2) is 50.7 Å². The Hall–Kier alpha value is -2.23. The molecule has 3 heterocycles. The van der Waals surface area contributed by atoms with Crippen LogP contribution < -0.4 is 10.2 Å². The number of hydrogen-bond acceptors (Lipinski definition) is 5. The highest BCUT2D eigenvalue weighted by Crippen LogP contribution is 2.32. The lowest BCUT2D eigenvalue weighted by Crippen LogP contribution is -2.39. The number of rotatable bonds is 7. The normalized spacial score (nSPS) is 17.2. The second-order valence-electron chi connectivity index (χ2n) is 8.89. The molecule has 2 aliphatic rings. The van der Waals surface area contributed by atoms with E-state index in [9.17, 15) is 18.0 Å². The molecule has 0 bridgehead atoms. The number of piperidine rings is 1. The van der Waals surface area contributed by atoms with Gasteiger partial charge in [-0.15, -0.1) is 11.3 Å². The van der Waals surface area contributed by atoms with Crippen LogP contribution in [0.15, 0.2) is 34.5 Å². The minimum absolute atomic E-state index is 0.0305. The number of carbonyl (C=O) groups excluding carboxylic acids is 2. The molecule has 2 aromatic rings. The van der Waals surface area contributed by atoms with Crippen molar-refractivity contribution in [3.05, 3.63) is 45.6 Å². The number of anilines is 1. The van der Waals surface area contributed by atoms with Gasteiger partial charge in [0.2, 0.25) is 21.8 Å². The van der Waals surface area contributed by atoms with Crippen molar-refractivity contribution in [1.29, 1.82) is 0 Å². The van der Waals surface area contributed by atoms with Gasteiger partial charge in [0.05, 0.1) is 4.90 Å². The van der Waals surface area contributed by atoms with Gasteiger partial charge in [0, 0.05) is 50.1 Å². The summed E-state index contributed by atoms with van der Waals surface area (Å²) in [6.07, 6.45) is 3.31. The highest BCUT2D eigenvalue weighted by atomic mass is 32.2. The molecular weight excluding hydrogens is 458 g/mol. The summed E-state index contributed by atoms with van der Waals surface area (Å²) in [6.45, 7) is 5.67. The first-order valence-corrected chi connectivity index (χ1v) is 13.8. The zero-order valence-corrected chi connectivity index (χ0v) is 20.8. The predicted octanol–water partition coefficient (Wildman–Crippen LogP) is 3.12. The molecule has 1 aromatic carbocycles. The minimum Gasteiger partial charge on any atom is -0.356 e. The molecule has 0 aliphatic carbocycles. The number of amides is 2. The summed E-state index contributed by atoms with van der Waals surface area (Å²) in [7, 11) is -3.59. The molecule has 1 N–H and O–H groups in total. The Morgan fingerprint density at radius 2 is 1.91 bits per heavy atom. The Kier molecular flexibility index (Phi) is 7.21. The highest BCUT2D eigenvalue weighted by molar-refractivity contribution is 7.89. The van der Waals surface area contributed by atoms with Crippen LogP contribution in [0.2, 0.25) is 0 Å². The van der Waals surface area contributed by atoms with Gasteiger partial charge in [-0.3, -0.25) is 9.59 Å². The van der Waals surface area contributed by atoms with Gasteiger partial charge in [-0.05, 0) is 79.3 Å². The van der Waals surface area contributed by atoms with Crippen molar-refractivity contribution in [3.8, 4) is 0 Å². The van der Waals surface area contributed by atoms with Gasteiger partial charge in [-0.2, -0.15) is 4.31 Å². The van der Waals surface area contributed by atoms with Crippen molar-refractivity contribution in [2.45, 2.75) is 50.8 Å². The lowest BCUT2D eigenvalue weighted by atomic mass is 9.94. The summed E-state index contributed by atoms with van der Waals surface area (Å²) >= 11 is 1.71. The Balaban J connectivity index is 1.28.